The molecule has 5 heteroatoms. The molecule has 0 saturated heterocycles. The number of halogens is 1. The summed E-state index contributed by atoms with van der Waals surface area (Å²) in [5.74, 6) is 3.66. The van der Waals surface area contributed by atoms with Crippen molar-refractivity contribution in [1.82, 2.24) is 9.97 Å². The standard InChI is InChI=1S/C13H12ClN3S/c1-15-13-10-6-18-7-11(10)16-12(17-13)8-2-4-9(14)5-3-8/h2-5H,6-7H2,1H3,(H,15,16,17). The Morgan fingerprint density at radius 3 is 2.67 bits per heavy atom. The van der Waals surface area contributed by atoms with Crippen LogP contribution >= 0.6 is 23.4 Å². The first kappa shape index (κ1) is 11.8. The van der Waals surface area contributed by atoms with Crippen molar-refractivity contribution in [3.63, 3.8) is 0 Å². The Morgan fingerprint density at radius 2 is 1.94 bits per heavy atom. The highest BCUT2D eigenvalue weighted by Crippen LogP contribution is 2.34. The molecule has 18 heavy (non-hydrogen) atoms. The van der Waals surface area contributed by atoms with Crippen LogP contribution in [0, 0.1) is 0 Å². The van der Waals surface area contributed by atoms with Gasteiger partial charge >= 0.3 is 0 Å². The molecule has 92 valence electrons. The fourth-order valence-corrected chi connectivity index (χ4v) is 3.15. The van der Waals surface area contributed by atoms with Crippen LogP contribution in [0.1, 0.15) is 11.3 Å². The second-order valence-electron chi connectivity index (χ2n) is 4.07. The van der Waals surface area contributed by atoms with Gasteiger partial charge in [0.25, 0.3) is 0 Å². The summed E-state index contributed by atoms with van der Waals surface area (Å²) in [5, 5.41) is 3.88. The molecule has 0 unspecified atom stereocenters. The topological polar surface area (TPSA) is 37.8 Å². The summed E-state index contributed by atoms with van der Waals surface area (Å²) in [5.41, 5.74) is 3.38. The molecule has 1 aromatic heterocycles. The minimum Gasteiger partial charge on any atom is -0.373 e. The first-order valence-corrected chi connectivity index (χ1v) is 7.22. The molecular formula is C13H12ClN3S. The largest absolute Gasteiger partial charge is 0.373 e. The van der Waals surface area contributed by atoms with Gasteiger partial charge in [0.1, 0.15) is 5.82 Å². The number of nitrogens with one attached hydrogen (secondary N) is 1. The summed E-state index contributed by atoms with van der Waals surface area (Å²) in [6.45, 7) is 0. The van der Waals surface area contributed by atoms with Crippen LogP contribution in [-0.4, -0.2) is 17.0 Å². The van der Waals surface area contributed by atoms with Gasteiger partial charge in [0, 0.05) is 34.7 Å². The second-order valence-corrected chi connectivity index (χ2v) is 5.49. The van der Waals surface area contributed by atoms with Crippen LogP contribution in [0.15, 0.2) is 24.3 Å². The molecule has 0 amide bonds. The fraction of sp³-hybridized carbons (Fsp3) is 0.231. The van der Waals surface area contributed by atoms with Crippen LogP contribution < -0.4 is 5.32 Å². The number of hydrogen-bond donors (Lipinski definition) is 1. The van der Waals surface area contributed by atoms with E-state index in [2.05, 4.69) is 15.3 Å². The van der Waals surface area contributed by atoms with Crippen molar-refractivity contribution in [3.8, 4) is 11.4 Å². The van der Waals surface area contributed by atoms with E-state index in [4.69, 9.17) is 11.6 Å². The maximum Gasteiger partial charge on any atom is 0.161 e. The number of thioether (sulfide) groups is 1. The predicted molar refractivity (Wildman–Crippen MR) is 77.0 cm³/mol. The molecule has 1 aliphatic rings. The molecule has 2 heterocycles. The number of fused-ring (bicyclic) bond motifs is 1. The zero-order chi connectivity index (χ0) is 12.5. The predicted octanol–water partition coefficient (Wildman–Crippen LogP) is 3.59. The summed E-state index contributed by atoms with van der Waals surface area (Å²) < 4.78 is 0. The van der Waals surface area contributed by atoms with E-state index >= 15 is 0 Å². The summed E-state index contributed by atoms with van der Waals surface area (Å²) in [4.78, 5) is 9.23. The molecule has 0 spiro atoms. The van der Waals surface area contributed by atoms with E-state index in [1.165, 1.54) is 5.56 Å². The SMILES string of the molecule is CNc1nc(-c2ccc(Cl)cc2)nc2c1CSC2. The third-order valence-electron chi connectivity index (χ3n) is 2.92. The van der Waals surface area contributed by atoms with Gasteiger partial charge in [-0.1, -0.05) is 11.6 Å². The zero-order valence-electron chi connectivity index (χ0n) is 9.90. The molecule has 1 aliphatic heterocycles. The van der Waals surface area contributed by atoms with Gasteiger partial charge in [-0.15, -0.1) is 0 Å². The molecule has 3 nitrogen and oxygen atoms in total. The molecule has 0 fully saturated rings. The number of aromatic nitrogens is 2. The van der Waals surface area contributed by atoms with Gasteiger partial charge in [-0.25, -0.2) is 9.97 Å². The third-order valence-corrected chi connectivity index (χ3v) is 4.14. The summed E-state index contributed by atoms with van der Waals surface area (Å²) in [6.07, 6.45) is 0. The Balaban J connectivity index is 2.10. The highest BCUT2D eigenvalue weighted by molar-refractivity contribution is 7.98. The van der Waals surface area contributed by atoms with Crippen LogP contribution in [-0.2, 0) is 11.5 Å². The van der Waals surface area contributed by atoms with Crippen LogP contribution in [0.5, 0.6) is 0 Å². The minimum absolute atomic E-state index is 0.726. The zero-order valence-corrected chi connectivity index (χ0v) is 11.5. The van der Waals surface area contributed by atoms with Crippen molar-refractivity contribution < 1.29 is 0 Å². The maximum absolute atomic E-state index is 5.89. The Bertz CT molecular complexity index is 584. The quantitative estimate of drug-likeness (QED) is 0.910. The van der Waals surface area contributed by atoms with E-state index in [1.807, 2.05) is 43.1 Å². The van der Waals surface area contributed by atoms with E-state index in [0.717, 1.165) is 39.4 Å². The molecule has 2 aromatic rings. The lowest BCUT2D eigenvalue weighted by atomic mass is 10.2. The summed E-state index contributed by atoms with van der Waals surface area (Å²) >= 11 is 7.77. The van der Waals surface area contributed by atoms with Crippen molar-refractivity contribution in [2.75, 3.05) is 12.4 Å². The maximum atomic E-state index is 5.89. The van der Waals surface area contributed by atoms with Crippen LogP contribution in [0.3, 0.4) is 0 Å². The summed E-state index contributed by atoms with van der Waals surface area (Å²) in [7, 11) is 1.90. The van der Waals surface area contributed by atoms with Crippen molar-refractivity contribution in [3.05, 3.63) is 40.5 Å². The van der Waals surface area contributed by atoms with E-state index in [9.17, 15) is 0 Å². The average molecular weight is 278 g/mol. The Hall–Kier alpha value is -1.26. The smallest absolute Gasteiger partial charge is 0.161 e. The average Bonchev–Trinajstić information content (AvgIpc) is 2.86. The van der Waals surface area contributed by atoms with Gasteiger partial charge < -0.3 is 5.32 Å². The van der Waals surface area contributed by atoms with E-state index in [1.54, 1.807) is 0 Å². The number of hydrogen-bond acceptors (Lipinski definition) is 4. The highest BCUT2D eigenvalue weighted by atomic mass is 35.5. The van der Waals surface area contributed by atoms with Gasteiger partial charge in [0.2, 0.25) is 0 Å². The van der Waals surface area contributed by atoms with Gasteiger partial charge in [-0.05, 0) is 24.3 Å². The molecule has 1 N–H and O–H groups in total. The fourth-order valence-electron chi connectivity index (χ4n) is 1.99. The van der Waals surface area contributed by atoms with Crippen molar-refractivity contribution >= 4 is 29.2 Å². The Kier molecular flexibility index (Phi) is 3.14. The molecule has 0 saturated carbocycles. The molecule has 0 atom stereocenters. The first-order chi connectivity index (χ1) is 8.78. The van der Waals surface area contributed by atoms with Crippen LogP contribution in [0.2, 0.25) is 5.02 Å². The molecule has 0 bridgehead atoms. The van der Waals surface area contributed by atoms with E-state index < -0.39 is 0 Å². The monoisotopic (exact) mass is 277 g/mol. The lowest BCUT2D eigenvalue weighted by molar-refractivity contribution is 1.07. The van der Waals surface area contributed by atoms with E-state index in [0.29, 0.717) is 0 Å². The van der Waals surface area contributed by atoms with Gasteiger partial charge in [0.05, 0.1) is 5.69 Å². The number of benzene rings is 1. The number of nitrogens with zero attached hydrogens (tertiary/aromatic N) is 2. The minimum atomic E-state index is 0.726. The lowest BCUT2D eigenvalue weighted by Crippen LogP contribution is -2.03. The Morgan fingerprint density at radius 1 is 1.17 bits per heavy atom. The van der Waals surface area contributed by atoms with Gasteiger partial charge in [-0.3, -0.25) is 0 Å². The number of rotatable bonds is 2. The van der Waals surface area contributed by atoms with Crippen molar-refractivity contribution in [2.24, 2.45) is 0 Å². The van der Waals surface area contributed by atoms with Crippen LogP contribution in [0.25, 0.3) is 11.4 Å². The lowest BCUT2D eigenvalue weighted by Gasteiger charge is -2.09. The molecule has 1 aromatic carbocycles. The third kappa shape index (κ3) is 2.06. The molecule has 3 rings (SSSR count). The Labute approximate surface area is 115 Å². The molecular weight excluding hydrogens is 266 g/mol. The van der Waals surface area contributed by atoms with Gasteiger partial charge in [0.15, 0.2) is 5.82 Å². The molecule has 0 aliphatic carbocycles. The van der Waals surface area contributed by atoms with Gasteiger partial charge in [-0.2, -0.15) is 11.8 Å². The van der Waals surface area contributed by atoms with Crippen molar-refractivity contribution in [1.29, 1.82) is 0 Å². The van der Waals surface area contributed by atoms with E-state index in [-0.39, 0.29) is 0 Å². The second kappa shape index (κ2) is 4.78. The van der Waals surface area contributed by atoms with Crippen molar-refractivity contribution in [2.45, 2.75) is 11.5 Å². The highest BCUT2D eigenvalue weighted by Gasteiger charge is 2.19. The number of anilines is 1. The van der Waals surface area contributed by atoms with Crippen LogP contribution in [0.4, 0.5) is 5.82 Å². The normalized spacial score (nSPS) is 13.4. The first-order valence-electron chi connectivity index (χ1n) is 5.69. The molecule has 0 radical (unpaired) electrons. The summed E-state index contributed by atoms with van der Waals surface area (Å²) in [6, 6.07) is 7.62.